The van der Waals surface area contributed by atoms with E-state index < -0.39 is 0 Å². The van der Waals surface area contributed by atoms with Crippen molar-refractivity contribution in [1.82, 2.24) is 15.0 Å². The van der Waals surface area contributed by atoms with E-state index in [9.17, 15) is 4.79 Å². The van der Waals surface area contributed by atoms with Crippen LogP contribution in [0.25, 0.3) is 10.1 Å². The molecule has 3 aromatic rings. The smallest absolute Gasteiger partial charge is 0.255 e. The number of thiophene rings is 1. The molecular formula is C16H15N3O2S. The van der Waals surface area contributed by atoms with E-state index in [0.717, 1.165) is 28.6 Å². The number of rotatable bonds is 2. The standard InChI is InChI=1S/C16H15N3O2S/c1-10-17-15(21-18-10)11-6-7-19(8-11)16(20)13-9-22-14-5-3-2-4-12(13)14/h2-5,9,11H,6-8H2,1H3/t11-/m0/s1. The highest BCUT2D eigenvalue weighted by molar-refractivity contribution is 7.17. The highest BCUT2D eigenvalue weighted by Gasteiger charge is 2.32. The summed E-state index contributed by atoms with van der Waals surface area (Å²) in [5.41, 5.74) is 0.794. The Morgan fingerprint density at radius 2 is 2.27 bits per heavy atom. The zero-order valence-electron chi connectivity index (χ0n) is 12.2. The van der Waals surface area contributed by atoms with Crippen molar-refractivity contribution >= 4 is 27.3 Å². The molecule has 0 aliphatic carbocycles. The number of amides is 1. The molecule has 1 aliphatic heterocycles. The molecule has 0 bridgehead atoms. The fourth-order valence-corrected chi connectivity index (χ4v) is 3.87. The first-order valence-corrected chi connectivity index (χ1v) is 8.16. The molecule has 5 nitrogen and oxygen atoms in total. The molecule has 0 radical (unpaired) electrons. The summed E-state index contributed by atoms with van der Waals surface area (Å²) in [6.07, 6.45) is 0.870. The number of fused-ring (bicyclic) bond motifs is 1. The van der Waals surface area contributed by atoms with Gasteiger partial charge >= 0.3 is 0 Å². The van der Waals surface area contributed by atoms with Crippen LogP contribution in [-0.2, 0) is 0 Å². The second-order valence-electron chi connectivity index (χ2n) is 5.56. The molecule has 2 aromatic heterocycles. The van der Waals surface area contributed by atoms with Crippen LogP contribution < -0.4 is 0 Å². The van der Waals surface area contributed by atoms with Gasteiger partial charge in [-0.15, -0.1) is 11.3 Å². The number of aromatic nitrogens is 2. The molecule has 112 valence electrons. The van der Waals surface area contributed by atoms with Crippen LogP contribution in [0.1, 0.15) is 34.4 Å². The van der Waals surface area contributed by atoms with Crippen LogP contribution in [0.5, 0.6) is 0 Å². The van der Waals surface area contributed by atoms with Gasteiger partial charge in [-0.3, -0.25) is 4.79 Å². The van der Waals surface area contributed by atoms with Crippen LogP contribution in [-0.4, -0.2) is 34.0 Å². The number of carbonyl (C=O) groups is 1. The number of benzene rings is 1. The van der Waals surface area contributed by atoms with Crippen molar-refractivity contribution in [2.45, 2.75) is 19.3 Å². The lowest BCUT2D eigenvalue weighted by molar-refractivity contribution is 0.0792. The molecule has 0 N–H and O–H groups in total. The molecule has 3 heterocycles. The maximum Gasteiger partial charge on any atom is 0.255 e. The van der Waals surface area contributed by atoms with Gasteiger partial charge in [0, 0.05) is 28.6 Å². The molecule has 1 saturated heterocycles. The molecule has 4 rings (SSSR count). The first-order valence-electron chi connectivity index (χ1n) is 7.28. The third-order valence-electron chi connectivity index (χ3n) is 4.08. The normalized spacial score (nSPS) is 18.2. The predicted octanol–water partition coefficient (Wildman–Crippen LogP) is 3.22. The average molecular weight is 313 g/mol. The molecule has 1 fully saturated rings. The van der Waals surface area contributed by atoms with Crippen molar-refractivity contribution < 1.29 is 9.32 Å². The maximum atomic E-state index is 12.8. The number of hydrogen-bond acceptors (Lipinski definition) is 5. The highest BCUT2D eigenvalue weighted by Crippen LogP contribution is 2.31. The van der Waals surface area contributed by atoms with Crippen molar-refractivity contribution in [2.24, 2.45) is 0 Å². The van der Waals surface area contributed by atoms with Gasteiger partial charge < -0.3 is 9.42 Å². The first-order chi connectivity index (χ1) is 10.7. The topological polar surface area (TPSA) is 59.2 Å². The Bertz CT molecular complexity index is 839. The van der Waals surface area contributed by atoms with Gasteiger partial charge in [0.2, 0.25) is 5.89 Å². The van der Waals surface area contributed by atoms with Crippen molar-refractivity contribution in [2.75, 3.05) is 13.1 Å². The predicted molar refractivity (Wildman–Crippen MR) is 84.1 cm³/mol. The van der Waals surface area contributed by atoms with E-state index >= 15 is 0 Å². The van der Waals surface area contributed by atoms with E-state index in [1.54, 1.807) is 11.3 Å². The van der Waals surface area contributed by atoms with Crippen LogP contribution in [0.2, 0.25) is 0 Å². The summed E-state index contributed by atoms with van der Waals surface area (Å²) in [4.78, 5) is 18.9. The molecule has 1 aliphatic rings. The first kappa shape index (κ1) is 13.5. The van der Waals surface area contributed by atoms with Gasteiger partial charge in [-0.25, -0.2) is 0 Å². The summed E-state index contributed by atoms with van der Waals surface area (Å²) in [5.74, 6) is 1.53. The Morgan fingerprint density at radius 3 is 3.09 bits per heavy atom. The quantitative estimate of drug-likeness (QED) is 0.729. The Hall–Kier alpha value is -2.21. The lowest BCUT2D eigenvalue weighted by Crippen LogP contribution is -2.28. The van der Waals surface area contributed by atoms with Crippen LogP contribution in [0.4, 0.5) is 0 Å². The number of aryl methyl sites for hydroxylation is 1. The minimum atomic E-state index is 0.0937. The van der Waals surface area contributed by atoms with Gasteiger partial charge in [-0.2, -0.15) is 4.98 Å². The van der Waals surface area contributed by atoms with E-state index in [4.69, 9.17) is 4.52 Å². The third-order valence-corrected chi connectivity index (χ3v) is 5.04. The molecular weight excluding hydrogens is 298 g/mol. The largest absolute Gasteiger partial charge is 0.339 e. The van der Waals surface area contributed by atoms with E-state index in [1.807, 2.05) is 41.5 Å². The fraction of sp³-hybridized carbons (Fsp3) is 0.312. The summed E-state index contributed by atoms with van der Waals surface area (Å²) in [7, 11) is 0. The van der Waals surface area contributed by atoms with E-state index in [0.29, 0.717) is 18.3 Å². The van der Waals surface area contributed by atoms with Gasteiger partial charge in [0.05, 0.1) is 11.5 Å². The Balaban J connectivity index is 1.57. The number of likely N-dealkylation sites (tertiary alicyclic amines) is 1. The minimum Gasteiger partial charge on any atom is -0.339 e. The van der Waals surface area contributed by atoms with Crippen molar-refractivity contribution in [3.63, 3.8) is 0 Å². The summed E-state index contributed by atoms with van der Waals surface area (Å²) < 4.78 is 6.39. The Morgan fingerprint density at radius 1 is 1.41 bits per heavy atom. The van der Waals surface area contributed by atoms with E-state index in [-0.39, 0.29) is 11.8 Å². The van der Waals surface area contributed by atoms with Crippen molar-refractivity contribution in [3.05, 3.63) is 46.9 Å². The van der Waals surface area contributed by atoms with Gasteiger partial charge in [0.15, 0.2) is 5.82 Å². The molecule has 1 atom stereocenters. The SMILES string of the molecule is Cc1noc([C@H]2CCN(C(=O)c3csc4ccccc34)C2)n1. The maximum absolute atomic E-state index is 12.8. The average Bonchev–Trinajstić information content (AvgIpc) is 3.25. The van der Waals surface area contributed by atoms with Gasteiger partial charge in [-0.05, 0) is 19.4 Å². The summed E-state index contributed by atoms with van der Waals surface area (Å²) >= 11 is 1.61. The van der Waals surface area contributed by atoms with E-state index in [1.165, 1.54) is 0 Å². The van der Waals surface area contributed by atoms with Crippen molar-refractivity contribution in [3.8, 4) is 0 Å². The number of hydrogen-bond donors (Lipinski definition) is 0. The molecule has 22 heavy (non-hydrogen) atoms. The zero-order valence-corrected chi connectivity index (χ0v) is 13.0. The van der Waals surface area contributed by atoms with Crippen LogP contribution in [0.3, 0.4) is 0 Å². The number of nitrogens with zero attached hydrogens (tertiary/aromatic N) is 3. The lowest BCUT2D eigenvalue weighted by Gasteiger charge is -2.15. The van der Waals surface area contributed by atoms with Crippen LogP contribution in [0.15, 0.2) is 34.2 Å². The molecule has 0 unspecified atom stereocenters. The van der Waals surface area contributed by atoms with Crippen LogP contribution >= 0.6 is 11.3 Å². The van der Waals surface area contributed by atoms with Gasteiger partial charge in [0.1, 0.15) is 0 Å². The molecule has 0 saturated carbocycles. The lowest BCUT2D eigenvalue weighted by atomic mass is 10.1. The monoisotopic (exact) mass is 313 g/mol. The fourth-order valence-electron chi connectivity index (χ4n) is 2.94. The van der Waals surface area contributed by atoms with Gasteiger partial charge in [-0.1, -0.05) is 23.4 Å². The van der Waals surface area contributed by atoms with E-state index in [2.05, 4.69) is 10.1 Å². The number of carbonyl (C=O) groups excluding carboxylic acids is 1. The molecule has 1 aromatic carbocycles. The molecule has 6 heteroatoms. The third kappa shape index (κ3) is 2.20. The second-order valence-corrected chi connectivity index (χ2v) is 6.47. The Kier molecular flexibility index (Phi) is 3.18. The highest BCUT2D eigenvalue weighted by atomic mass is 32.1. The zero-order chi connectivity index (χ0) is 15.1. The summed E-state index contributed by atoms with van der Waals surface area (Å²) in [6, 6.07) is 8.02. The Labute approximate surface area is 131 Å². The summed E-state index contributed by atoms with van der Waals surface area (Å²) in [5, 5.41) is 6.83. The molecule has 1 amide bonds. The van der Waals surface area contributed by atoms with Crippen molar-refractivity contribution in [1.29, 1.82) is 0 Å². The van der Waals surface area contributed by atoms with Crippen LogP contribution in [0, 0.1) is 6.92 Å². The van der Waals surface area contributed by atoms with Gasteiger partial charge in [0.25, 0.3) is 5.91 Å². The minimum absolute atomic E-state index is 0.0937. The molecule has 0 spiro atoms. The summed E-state index contributed by atoms with van der Waals surface area (Å²) in [6.45, 7) is 3.18. The second kappa shape index (κ2) is 5.21.